The number of amides is 1. The molecule has 0 saturated carbocycles. The third-order valence-corrected chi connectivity index (χ3v) is 8.54. The van der Waals surface area contributed by atoms with E-state index in [1.54, 1.807) is 31.4 Å². The monoisotopic (exact) mass is 506 g/mol. The Hall–Kier alpha value is -2.09. The maximum absolute atomic E-state index is 13.1. The van der Waals surface area contributed by atoms with Gasteiger partial charge in [0.15, 0.2) is 0 Å². The molecule has 2 atom stereocenters. The highest BCUT2D eigenvalue weighted by molar-refractivity contribution is 7.88. The van der Waals surface area contributed by atoms with Crippen molar-refractivity contribution in [1.29, 1.82) is 0 Å². The second kappa shape index (κ2) is 11.1. The zero-order valence-corrected chi connectivity index (χ0v) is 22.2. The van der Waals surface area contributed by atoms with Crippen molar-refractivity contribution in [3.8, 4) is 5.75 Å². The van der Waals surface area contributed by atoms with Crippen LogP contribution in [0.4, 0.5) is 0 Å². The van der Waals surface area contributed by atoms with Crippen molar-refractivity contribution in [1.82, 2.24) is 9.62 Å². The van der Waals surface area contributed by atoms with Crippen molar-refractivity contribution in [2.24, 2.45) is 5.92 Å². The number of hydrogen-bond donors (Lipinski definition) is 1. The molecule has 1 aliphatic rings. The standard InChI is InChI=1S/C26H35ClN2O4S/c1-17(2)23-14-24(18(3)13-25(23)33-5)19(4)28-26(30)21-7-6-12-29(15-21)34(31,32)16-20-8-10-22(27)11-9-20/h8-11,13-14,17,19,21H,6-7,12,15-16H2,1-5H3,(H,28,30)/t19-,21+/m1/s1. The van der Waals surface area contributed by atoms with Gasteiger partial charge in [0.05, 0.1) is 24.8 Å². The van der Waals surface area contributed by atoms with E-state index in [0.29, 0.717) is 30.0 Å². The van der Waals surface area contributed by atoms with Gasteiger partial charge in [-0.25, -0.2) is 12.7 Å². The second-order valence-corrected chi connectivity index (χ2v) is 11.8. The molecule has 0 aliphatic carbocycles. The summed E-state index contributed by atoms with van der Waals surface area (Å²) in [5.74, 6) is 0.552. The quantitative estimate of drug-likeness (QED) is 0.534. The summed E-state index contributed by atoms with van der Waals surface area (Å²) in [6.45, 7) is 8.84. The third-order valence-electron chi connectivity index (χ3n) is 6.48. The lowest BCUT2D eigenvalue weighted by Gasteiger charge is -2.32. The average molecular weight is 507 g/mol. The summed E-state index contributed by atoms with van der Waals surface area (Å²) in [7, 11) is -1.86. The van der Waals surface area contributed by atoms with E-state index in [2.05, 4.69) is 25.2 Å². The summed E-state index contributed by atoms with van der Waals surface area (Å²) in [4.78, 5) is 13.1. The van der Waals surface area contributed by atoms with Crippen LogP contribution in [0.15, 0.2) is 36.4 Å². The number of nitrogens with zero attached hydrogens (tertiary/aromatic N) is 1. The molecule has 34 heavy (non-hydrogen) atoms. The number of nitrogens with one attached hydrogen (secondary N) is 1. The van der Waals surface area contributed by atoms with Crippen molar-refractivity contribution in [3.05, 3.63) is 63.7 Å². The minimum absolute atomic E-state index is 0.0993. The van der Waals surface area contributed by atoms with Gasteiger partial charge >= 0.3 is 0 Å². The molecule has 1 saturated heterocycles. The first kappa shape index (κ1) is 26.5. The zero-order chi connectivity index (χ0) is 25.0. The maximum atomic E-state index is 13.1. The predicted molar refractivity (Wildman–Crippen MR) is 137 cm³/mol. The lowest BCUT2D eigenvalue weighted by molar-refractivity contribution is -0.126. The van der Waals surface area contributed by atoms with Crippen molar-refractivity contribution < 1.29 is 17.9 Å². The van der Waals surface area contributed by atoms with Crippen LogP contribution in [-0.4, -0.2) is 38.8 Å². The summed E-state index contributed by atoms with van der Waals surface area (Å²) >= 11 is 5.91. The molecule has 2 aromatic carbocycles. The minimum Gasteiger partial charge on any atom is -0.496 e. The second-order valence-electron chi connectivity index (χ2n) is 9.42. The number of rotatable bonds is 8. The highest BCUT2D eigenvalue weighted by Gasteiger charge is 2.33. The predicted octanol–water partition coefficient (Wildman–Crippen LogP) is 5.20. The largest absolute Gasteiger partial charge is 0.496 e. The molecule has 8 heteroatoms. The molecule has 1 amide bonds. The molecule has 3 rings (SSSR count). The van der Waals surface area contributed by atoms with Gasteiger partial charge in [0, 0.05) is 18.1 Å². The van der Waals surface area contributed by atoms with E-state index >= 15 is 0 Å². The fourth-order valence-corrected chi connectivity index (χ4v) is 6.25. The Morgan fingerprint density at radius 1 is 1.18 bits per heavy atom. The molecule has 0 aromatic heterocycles. The number of benzene rings is 2. The molecule has 6 nitrogen and oxygen atoms in total. The van der Waals surface area contributed by atoms with E-state index in [1.807, 2.05) is 19.9 Å². The van der Waals surface area contributed by atoms with Crippen LogP contribution in [0.5, 0.6) is 5.75 Å². The van der Waals surface area contributed by atoms with Crippen molar-refractivity contribution >= 4 is 27.5 Å². The summed E-state index contributed by atoms with van der Waals surface area (Å²) in [6, 6.07) is 10.7. The molecule has 0 spiro atoms. The Balaban J connectivity index is 1.69. The van der Waals surface area contributed by atoms with E-state index in [1.165, 1.54) is 4.31 Å². The first-order chi connectivity index (χ1) is 16.0. The van der Waals surface area contributed by atoms with Gasteiger partial charge in [0.25, 0.3) is 0 Å². The third kappa shape index (κ3) is 6.32. The molecule has 2 aromatic rings. The maximum Gasteiger partial charge on any atom is 0.224 e. The Morgan fingerprint density at radius 3 is 2.47 bits per heavy atom. The Kier molecular flexibility index (Phi) is 8.66. The van der Waals surface area contributed by atoms with Crippen LogP contribution in [0, 0.1) is 12.8 Å². The van der Waals surface area contributed by atoms with E-state index < -0.39 is 10.0 Å². The zero-order valence-electron chi connectivity index (χ0n) is 20.6. The van der Waals surface area contributed by atoms with E-state index in [9.17, 15) is 13.2 Å². The molecule has 1 aliphatic heterocycles. The number of methoxy groups -OCH3 is 1. The van der Waals surface area contributed by atoms with Crippen LogP contribution in [0.25, 0.3) is 0 Å². The Labute approximate surface area is 208 Å². The van der Waals surface area contributed by atoms with Crippen molar-refractivity contribution in [2.45, 2.75) is 58.2 Å². The van der Waals surface area contributed by atoms with Crippen molar-refractivity contribution in [2.75, 3.05) is 20.2 Å². The van der Waals surface area contributed by atoms with Crippen LogP contribution in [-0.2, 0) is 20.6 Å². The Morgan fingerprint density at radius 2 is 1.85 bits per heavy atom. The number of aryl methyl sites for hydroxylation is 1. The Bertz CT molecular complexity index is 1120. The molecular weight excluding hydrogens is 472 g/mol. The molecule has 1 N–H and O–H groups in total. The normalized spacial score (nSPS) is 18.0. The van der Waals surface area contributed by atoms with Gasteiger partial charge in [0.2, 0.25) is 15.9 Å². The highest BCUT2D eigenvalue weighted by atomic mass is 35.5. The number of ether oxygens (including phenoxy) is 1. The number of carbonyl (C=O) groups is 1. The molecule has 0 bridgehead atoms. The summed E-state index contributed by atoms with van der Waals surface area (Å²) in [6.07, 6.45) is 1.33. The first-order valence-electron chi connectivity index (χ1n) is 11.7. The van der Waals surface area contributed by atoms with Crippen LogP contribution >= 0.6 is 11.6 Å². The van der Waals surface area contributed by atoms with Crippen LogP contribution in [0.1, 0.15) is 67.8 Å². The van der Waals surface area contributed by atoms with Gasteiger partial charge in [-0.2, -0.15) is 0 Å². The highest BCUT2D eigenvalue weighted by Crippen LogP contribution is 2.32. The van der Waals surface area contributed by atoms with Gasteiger partial charge in [-0.15, -0.1) is 0 Å². The lowest BCUT2D eigenvalue weighted by Crippen LogP contribution is -2.46. The molecular formula is C26H35ClN2O4S. The number of halogens is 1. The van der Waals surface area contributed by atoms with Gasteiger partial charge < -0.3 is 10.1 Å². The van der Waals surface area contributed by atoms with Crippen LogP contribution in [0.3, 0.4) is 0 Å². The molecule has 0 unspecified atom stereocenters. The van der Waals surface area contributed by atoms with Gasteiger partial charge in [-0.05, 0) is 79.1 Å². The fraction of sp³-hybridized carbons (Fsp3) is 0.500. The molecule has 1 fully saturated rings. The van der Waals surface area contributed by atoms with Gasteiger partial charge in [-0.1, -0.05) is 37.6 Å². The lowest BCUT2D eigenvalue weighted by atomic mass is 9.92. The minimum atomic E-state index is -3.53. The summed E-state index contributed by atoms with van der Waals surface area (Å²) in [5, 5.41) is 3.69. The van der Waals surface area contributed by atoms with E-state index in [4.69, 9.17) is 16.3 Å². The molecule has 1 heterocycles. The number of piperidine rings is 1. The number of sulfonamides is 1. The molecule has 186 valence electrons. The number of carbonyl (C=O) groups excluding carboxylic acids is 1. The fourth-order valence-electron chi connectivity index (χ4n) is 4.51. The topological polar surface area (TPSA) is 75.7 Å². The summed E-state index contributed by atoms with van der Waals surface area (Å²) < 4.78 is 33.0. The van der Waals surface area contributed by atoms with E-state index in [-0.39, 0.29) is 36.1 Å². The van der Waals surface area contributed by atoms with Crippen LogP contribution in [0.2, 0.25) is 5.02 Å². The average Bonchev–Trinajstić information content (AvgIpc) is 2.80. The van der Waals surface area contributed by atoms with Gasteiger partial charge in [0.1, 0.15) is 5.75 Å². The smallest absolute Gasteiger partial charge is 0.224 e. The van der Waals surface area contributed by atoms with Crippen LogP contribution < -0.4 is 10.1 Å². The van der Waals surface area contributed by atoms with Crippen molar-refractivity contribution in [3.63, 3.8) is 0 Å². The first-order valence-corrected chi connectivity index (χ1v) is 13.7. The number of hydrogen-bond acceptors (Lipinski definition) is 4. The SMILES string of the molecule is COc1cc(C)c([C@@H](C)NC(=O)[C@H]2CCCN(S(=O)(=O)Cc3ccc(Cl)cc3)C2)cc1C(C)C. The van der Waals surface area contributed by atoms with E-state index in [0.717, 1.165) is 22.4 Å². The molecule has 0 radical (unpaired) electrons. The van der Waals surface area contributed by atoms with Gasteiger partial charge in [-0.3, -0.25) is 4.79 Å². The summed E-state index contributed by atoms with van der Waals surface area (Å²) in [5.41, 5.74) is 3.87.